The first-order chi connectivity index (χ1) is 9.98. The van der Waals surface area contributed by atoms with Gasteiger partial charge in [-0.05, 0) is 38.6 Å². The predicted molar refractivity (Wildman–Crippen MR) is 81.7 cm³/mol. The maximum absolute atomic E-state index is 11.8. The molecule has 3 N–H and O–H groups in total. The second kappa shape index (κ2) is 6.62. The summed E-state index contributed by atoms with van der Waals surface area (Å²) in [5.41, 5.74) is -0.503. The van der Waals surface area contributed by atoms with Gasteiger partial charge in [-0.2, -0.15) is 0 Å². The number of aromatic amines is 1. The lowest BCUT2D eigenvalue weighted by molar-refractivity contribution is -0.144. The molecular weight excluding hydrogens is 290 g/mol. The Morgan fingerprint density at radius 3 is 2.86 bits per heavy atom. The van der Waals surface area contributed by atoms with Gasteiger partial charge in [0.2, 0.25) is 0 Å². The Bertz CT molecular complexity index is 571. The summed E-state index contributed by atoms with van der Waals surface area (Å²) in [6.45, 7) is 4.43. The van der Waals surface area contributed by atoms with Crippen molar-refractivity contribution >= 4 is 17.7 Å². The van der Waals surface area contributed by atoms with Crippen molar-refractivity contribution in [2.45, 2.75) is 43.8 Å². The smallest absolute Gasteiger partial charge is 0.325 e. The number of rotatable bonds is 8. The van der Waals surface area contributed by atoms with Crippen LogP contribution in [0.4, 0.5) is 0 Å². The minimum Gasteiger partial charge on any atom is -0.480 e. The predicted octanol–water partition coefficient (Wildman–Crippen LogP) is 1.40. The number of H-pyrrole nitrogens is 1. The van der Waals surface area contributed by atoms with Crippen molar-refractivity contribution in [3.63, 3.8) is 0 Å². The lowest BCUT2D eigenvalue weighted by atomic mass is 9.95. The summed E-state index contributed by atoms with van der Waals surface area (Å²) in [7, 11) is 0. The van der Waals surface area contributed by atoms with E-state index in [1.54, 1.807) is 6.92 Å². The Balaban J connectivity index is 2.14. The second-order valence-corrected chi connectivity index (χ2v) is 6.42. The van der Waals surface area contributed by atoms with Crippen LogP contribution in [0.1, 0.15) is 31.9 Å². The van der Waals surface area contributed by atoms with Crippen LogP contribution >= 0.6 is 11.8 Å². The van der Waals surface area contributed by atoms with Gasteiger partial charge in [0, 0.05) is 17.5 Å². The molecule has 1 aromatic heterocycles. The molecule has 6 nitrogen and oxygen atoms in total. The molecule has 0 aliphatic heterocycles. The summed E-state index contributed by atoms with van der Waals surface area (Å²) >= 11 is 1.29. The van der Waals surface area contributed by atoms with Gasteiger partial charge in [0.15, 0.2) is 5.16 Å². The van der Waals surface area contributed by atoms with E-state index in [1.807, 2.05) is 6.92 Å². The molecule has 0 radical (unpaired) electrons. The van der Waals surface area contributed by atoms with E-state index in [1.165, 1.54) is 17.8 Å². The molecule has 21 heavy (non-hydrogen) atoms. The molecule has 0 spiro atoms. The fourth-order valence-corrected chi connectivity index (χ4v) is 3.56. The third-order valence-electron chi connectivity index (χ3n) is 3.63. The number of carboxylic acids is 1. The maximum atomic E-state index is 11.8. The number of aryl methyl sites for hydroxylation is 1. The van der Waals surface area contributed by atoms with Crippen molar-refractivity contribution in [2.75, 3.05) is 12.3 Å². The first kappa shape index (κ1) is 16.0. The van der Waals surface area contributed by atoms with Gasteiger partial charge in [-0.15, -0.1) is 0 Å². The molecule has 0 bridgehead atoms. The number of thioether (sulfide) groups is 1. The molecule has 0 aromatic carbocycles. The topological polar surface area (TPSA) is 95.1 Å². The minimum atomic E-state index is -0.928. The molecule has 2 rings (SSSR count). The van der Waals surface area contributed by atoms with E-state index in [0.717, 1.165) is 19.3 Å². The molecule has 1 saturated carbocycles. The van der Waals surface area contributed by atoms with Gasteiger partial charge in [-0.3, -0.25) is 9.59 Å². The Labute approximate surface area is 127 Å². The second-order valence-electron chi connectivity index (χ2n) is 5.46. The van der Waals surface area contributed by atoms with Gasteiger partial charge in [0.05, 0.1) is 0 Å². The number of hydrogen-bond donors (Lipinski definition) is 3. The van der Waals surface area contributed by atoms with Crippen LogP contribution in [0.2, 0.25) is 0 Å². The van der Waals surface area contributed by atoms with Crippen LogP contribution in [0.5, 0.6) is 0 Å². The molecule has 1 aromatic rings. The largest absolute Gasteiger partial charge is 0.480 e. The Morgan fingerprint density at radius 1 is 1.62 bits per heavy atom. The Morgan fingerprint density at radius 2 is 2.33 bits per heavy atom. The highest BCUT2D eigenvalue weighted by Gasteiger charge is 2.50. The number of nitrogens with one attached hydrogen (secondary N) is 2. The van der Waals surface area contributed by atoms with Crippen LogP contribution in [-0.2, 0) is 4.79 Å². The summed E-state index contributed by atoms with van der Waals surface area (Å²) in [5.74, 6) is -0.300. The van der Waals surface area contributed by atoms with Gasteiger partial charge >= 0.3 is 5.97 Å². The molecular formula is C14H21N3O3S. The minimum absolute atomic E-state index is 0.158. The lowest BCUT2D eigenvalue weighted by Crippen LogP contribution is -2.56. The molecule has 1 atom stereocenters. The highest BCUT2D eigenvalue weighted by Crippen LogP contribution is 2.42. The highest BCUT2D eigenvalue weighted by atomic mass is 32.2. The molecule has 0 saturated heterocycles. The van der Waals surface area contributed by atoms with E-state index in [-0.39, 0.29) is 11.5 Å². The number of hydrogen-bond acceptors (Lipinski definition) is 5. The van der Waals surface area contributed by atoms with E-state index < -0.39 is 11.5 Å². The van der Waals surface area contributed by atoms with E-state index >= 15 is 0 Å². The number of aromatic nitrogens is 2. The third-order valence-corrected chi connectivity index (χ3v) is 4.70. The van der Waals surface area contributed by atoms with Crippen LogP contribution < -0.4 is 10.9 Å². The van der Waals surface area contributed by atoms with Crippen molar-refractivity contribution < 1.29 is 9.90 Å². The first-order valence-electron chi connectivity index (χ1n) is 7.17. The summed E-state index contributed by atoms with van der Waals surface area (Å²) in [6, 6.07) is 1.42. The zero-order chi connectivity index (χ0) is 15.5. The average molecular weight is 311 g/mol. The van der Waals surface area contributed by atoms with Crippen molar-refractivity contribution in [1.29, 1.82) is 0 Å². The maximum Gasteiger partial charge on any atom is 0.325 e. The zero-order valence-corrected chi connectivity index (χ0v) is 13.1. The monoisotopic (exact) mass is 311 g/mol. The number of aliphatic carboxylic acids is 1. The summed E-state index contributed by atoms with van der Waals surface area (Å²) < 4.78 is 0. The molecule has 1 aliphatic rings. The fraction of sp³-hybridized carbons (Fsp3) is 0.643. The molecule has 1 unspecified atom stereocenters. The Kier molecular flexibility index (Phi) is 5.05. The lowest BCUT2D eigenvalue weighted by Gasteiger charge is -2.30. The van der Waals surface area contributed by atoms with Gasteiger partial charge in [-0.1, -0.05) is 18.7 Å². The molecule has 1 aliphatic carbocycles. The van der Waals surface area contributed by atoms with Crippen LogP contribution in [0.25, 0.3) is 0 Å². The van der Waals surface area contributed by atoms with E-state index in [2.05, 4.69) is 15.3 Å². The fourth-order valence-electron chi connectivity index (χ4n) is 2.35. The Hall–Kier alpha value is -1.34. The summed E-state index contributed by atoms with van der Waals surface area (Å²) in [6.07, 6.45) is 2.74. The average Bonchev–Trinajstić information content (AvgIpc) is 3.22. The van der Waals surface area contributed by atoms with Crippen molar-refractivity contribution in [3.05, 3.63) is 22.1 Å². The third kappa shape index (κ3) is 3.85. The van der Waals surface area contributed by atoms with Crippen LogP contribution in [0, 0.1) is 12.8 Å². The standard InChI is InChI=1S/C14H21N3O3S/c1-3-6-15-14(12(19)20,10-4-5-10)8-21-13-16-9(2)7-11(18)17-13/h7,10,15H,3-6,8H2,1-2H3,(H,19,20)(H,16,17,18). The van der Waals surface area contributed by atoms with Gasteiger partial charge in [-0.25, -0.2) is 4.98 Å². The zero-order valence-electron chi connectivity index (χ0n) is 12.3. The quantitative estimate of drug-likeness (QED) is 0.496. The van der Waals surface area contributed by atoms with E-state index in [9.17, 15) is 14.7 Å². The summed E-state index contributed by atoms with van der Waals surface area (Å²) in [4.78, 5) is 30.1. The van der Waals surface area contributed by atoms with Gasteiger partial charge in [0.1, 0.15) is 5.54 Å². The molecule has 116 valence electrons. The molecule has 7 heteroatoms. The molecule has 1 fully saturated rings. The van der Waals surface area contributed by atoms with Crippen molar-refractivity contribution in [2.24, 2.45) is 5.92 Å². The highest BCUT2D eigenvalue weighted by molar-refractivity contribution is 7.99. The number of carboxylic acid groups (broad SMARTS) is 1. The van der Waals surface area contributed by atoms with Gasteiger partial charge in [0.25, 0.3) is 5.56 Å². The first-order valence-corrected chi connectivity index (χ1v) is 8.15. The number of carbonyl (C=O) groups is 1. The van der Waals surface area contributed by atoms with E-state index in [4.69, 9.17) is 0 Å². The van der Waals surface area contributed by atoms with Crippen molar-refractivity contribution in [3.8, 4) is 0 Å². The van der Waals surface area contributed by atoms with Crippen LogP contribution in [0.3, 0.4) is 0 Å². The summed E-state index contributed by atoms with van der Waals surface area (Å²) in [5, 5.41) is 13.4. The number of nitrogens with zero attached hydrogens (tertiary/aromatic N) is 1. The molecule has 0 amide bonds. The van der Waals surface area contributed by atoms with Crippen LogP contribution in [0.15, 0.2) is 16.0 Å². The SMILES string of the molecule is CCCNC(CSc1nc(C)cc(=O)[nH]1)(C(=O)O)C1CC1. The van der Waals surface area contributed by atoms with E-state index in [0.29, 0.717) is 23.1 Å². The van der Waals surface area contributed by atoms with Crippen molar-refractivity contribution in [1.82, 2.24) is 15.3 Å². The van der Waals surface area contributed by atoms with Gasteiger partial charge < -0.3 is 15.4 Å². The molecule has 1 heterocycles. The normalized spacial score (nSPS) is 17.4. The van der Waals surface area contributed by atoms with Crippen LogP contribution in [-0.4, -0.2) is 38.9 Å².